The zero-order valence-corrected chi connectivity index (χ0v) is 12.3. The summed E-state index contributed by atoms with van der Waals surface area (Å²) < 4.78 is 1.48. The molecule has 0 bridgehead atoms. The maximum atomic E-state index is 10.5. The van der Waals surface area contributed by atoms with Crippen molar-refractivity contribution in [2.75, 3.05) is 11.9 Å². The van der Waals surface area contributed by atoms with Crippen molar-refractivity contribution < 1.29 is 4.92 Å². The highest BCUT2D eigenvalue weighted by Gasteiger charge is 2.12. The van der Waals surface area contributed by atoms with Crippen LogP contribution in [0.2, 0.25) is 0 Å². The van der Waals surface area contributed by atoms with E-state index in [9.17, 15) is 10.1 Å². The molecule has 0 amide bonds. The number of hydrogen-bond donors (Lipinski definition) is 1. The monoisotopic (exact) mass is 313 g/mol. The van der Waals surface area contributed by atoms with Gasteiger partial charge in [0.2, 0.25) is 6.33 Å². The van der Waals surface area contributed by atoms with Gasteiger partial charge in [0.15, 0.2) is 0 Å². The lowest BCUT2D eigenvalue weighted by atomic mass is 10.2. The Morgan fingerprint density at radius 1 is 1.17 bits per heavy atom. The summed E-state index contributed by atoms with van der Waals surface area (Å²) in [6, 6.07) is 7.82. The van der Waals surface area contributed by atoms with Crippen molar-refractivity contribution in [2.24, 2.45) is 0 Å². The molecule has 0 saturated carbocycles. The number of aryl methyl sites for hydroxylation is 1. The van der Waals surface area contributed by atoms with Gasteiger partial charge >= 0.3 is 5.95 Å². The van der Waals surface area contributed by atoms with Gasteiger partial charge in [-0.05, 0) is 29.9 Å². The Labute approximate surface area is 131 Å². The minimum absolute atomic E-state index is 0.365. The van der Waals surface area contributed by atoms with Gasteiger partial charge in [0.05, 0.1) is 12.1 Å². The van der Waals surface area contributed by atoms with Gasteiger partial charge in [0, 0.05) is 17.0 Å². The zero-order chi connectivity index (χ0) is 16.1. The molecule has 2 aromatic heterocycles. The van der Waals surface area contributed by atoms with Crippen LogP contribution in [-0.4, -0.2) is 36.2 Å². The minimum Gasteiger partial charge on any atom is -0.390 e. The number of benzene rings is 1. The van der Waals surface area contributed by atoms with Crippen molar-refractivity contribution in [3.05, 3.63) is 47.0 Å². The second-order valence-corrected chi connectivity index (χ2v) is 4.94. The van der Waals surface area contributed by atoms with Gasteiger partial charge < -0.3 is 15.4 Å². The molecule has 1 aromatic carbocycles. The van der Waals surface area contributed by atoms with Crippen LogP contribution in [0.25, 0.3) is 10.9 Å². The fraction of sp³-hybridized carbons (Fsp3) is 0.286. The van der Waals surface area contributed by atoms with E-state index >= 15 is 0 Å². The molecule has 3 rings (SSSR count). The van der Waals surface area contributed by atoms with E-state index in [0.29, 0.717) is 6.54 Å². The number of unbranched alkanes of at least 4 members (excludes halogenated alkanes) is 1. The van der Waals surface area contributed by atoms with Gasteiger partial charge in [-0.25, -0.2) is 9.97 Å². The van der Waals surface area contributed by atoms with E-state index in [1.54, 1.807) is 6.33 Å². The standard InChI is InChI=1S/C14H15N7O2/c22-21(23)14-18-10-20(19-14)8-4-3-7-15-13-11-5-1-2-6-12(11)16-9-17-13/h1-2,5-6,9-10H,3-4,7-8H2,(H,15,16,17). The molecule has 0 spiro atoms. The van der Waals surface area contributed by atoms with E-state index in [-0.39, 0.29) is 5.95 Å². The summed E-state index contributed by atoms with van der Waals surface area (Å²) >= 11 is 0. The Morgan fingerprint density at radius 3 is 2.87 bits per heavy atom. The first-order chi connectivity index (χ1) is 11.2. The summed E-state index contributed by atoms with van der Waals surface area (Å²) in [6.07, 6.45) is 4.63. The minimum atomic E-state index is -0.599. The van der Waals surface area contributed by atoms with Crippen molar-refractivity contribution in [1.29, 1.82) is 0 Å². The van der Waals surface area contributed by atoms with Crippen LogP contribution in [0.15, 0.2) is 36.9 Å². The molecule has 0 atom stereocenters. The molecule has 1 N–H and O–H groups in total. The van der Waals surface area contributed by atoms with E-state index < -0.39 is 4.92 Å². The lowest BCUT2D eigenvalue weighted by Gasteiger charge is -2.07. The molecule has 0 unspecified atom stereocenters. The van der Waals surface area contributed by atoms with E-state index in [2.05, 4.69) is 25.4 Å². The van der Waals surface area contributed by atoms with Crippen LogP contribution >= 0.6 is 0 Å². The van der Waals surface area contributed by atoms with Gasteiger partial charge in [-0.2, -0.15) is 4.68 Å². The third-order valence-corrected chi connectivity index (χ3v) is 3.34. The number of para-hydroxylation sites is 1. The van der Waals surface area contributed by atoms with Crippen LogP contribution in [0.4, 0.5) is 11.8 Å². The number of rotatable bonds is 7. The summed E-state index contributed by atoms with van der Waals surface area (Å²) in [7, 11) is 0. The molecule has 118 valence electrons. The van der Waals surface area contributed by atoms with Crippen molar-refractivity contribution >= 4 is 22.7 Å². The van der Waals surface area contributed by atoms with Crippen molar-refractivity contribution in [3.63, 3.8) is 0 Å². The van der Waals surface area contributed by atoms with Gasteiger partial charge in [-0.3, -0.25) is 0 Å². The molecule has 0 aliphatic rings. The molecule has 9 nitrogen and oxygen atoms in total. The maximum absolute atomic E-state index is 10.5. The van der Waals surface area contributed by atoms with Crippen LogP contribution < -0.4 is 5.32 Å². The van der Waals surface area contributed by atoms with E-state index in [0.717, 1.165) is 36.1 Å². The smallest absolute Gasteiger partial charge is 0.390 e. The zero-order valence-electron chi connectivity index (χ0n) is 12.3. The Balaban J connectivity index is 1.48. The molecule has 0 aliphatic carbocycles. The van der Waals surface area contributed by atoms with Crippen LogP contribution in [0.5, 0.6) is 0 Å². The quantitative estimate of drug-likeness (QED) is 0.403. The van der Waals surface area contributed by atoms with E-state index in [1.807, 2.05) is 24.3 Å². The van der Waals surface area contributed by atoms with Crippen LogP contribution in [0, 0.1) is 10.1 Å². The predicted octanol–water partition coefficient (Wildman–Crippen LogP) is 2.02. The molecule has 0 fully saturated rings. The highest BCUT2D eigenvalue weighted by molar-refractivity contribution is 5.88. The fourth-order valence-electron chi connectivity index (χ4n) is 2.23. The van der Waals surface area contributed by atoms with Crippen LogP contribution in [-0.2, 0) is 6.54 Å². The average molecular weight is 313 g/mol. The lowest BCUT2D eigenvalue weighted by molar-refractivity contribution is -0.394. The first-order valence-electron chi connectivity index (χ1n) is 7.21. The lowest BCUT2D eigenvalue weighted by Crippen LogP contribution is -2.06. The maximum Gasteiger partial charge on any atom is 0.490 e. The average Bonchev–Trinajstić information content (AvgIpc) is 3.04. The van der Waals surface area contributed by atoms with Gasteiger partial charge in [0.25, 0.3) is 0 Å². The number of nitrogens with one attached hydrogen (secondary N) is 1. The van der Waals surface area contributed by atoms with Crippen molar-refractivity contribution in [1.82, 2.24) is 24.7 Å². The Kier molecular flexibility index (Phi) is 4.37. The highest BCUT2D eigenvalue weighted by Crippen LogP contribution is 2.18. The highest BCUT2D eigenvalue weighted by atomic mass is 16.6. The summed E-state index contributed by atoms with van der Waals surface area (Å²) in [5.74, 6) is 0.447. The third kappa shape index (κ3) is 3.57. The second kappa shape index (κ2) is 6.77. The molecular formula is C14H15N7O2. The number of hydrogen-bond acceptors (Lipinski definition) is 7. The molecule has 0 radical (unpaired) electrons. The fourth-order valence-corrected chi connectivity index (χ4v) is 2.23. The Morgan fingerprint density at radius 2 is 2.04 bits per heavy atom. The summed E-state index contributed by atoms with van der Waals surface area (Å²) in [4.78, 5) is 22.0. The second-order valence-electron chi connectivity index (χ2n) is 4.94. The van der Waals surface area contributed by atoms with Gasteiger partial charge in [-0.1, -0.05) is 17.1 Å². The van der Waals surface area contributed by atoms with Gasteiger partial charge in [0.1, 0.15) is 12.1 Å². The number of aromatic nitrogens is 5. The number of fused-ring (bicyclic) bond motifs is 1. The first kappa shape index (κ1) is 14.8. The Hall–Kier alpha value is -3.10. The first-order valence-corrected chi connectivity index (χ1v) is 7.21. The van der Waals surface area contributed by atoms with Gasteiger partial charge in [-0.15, -0.1) is 0 Å². The largest absolute Gasteiger partial charge is 0.490 e. The predicted molar refractivity (Wildman–Crippen MR) is 83.9 cm³/mol. The molecular weight excluding hydrogens is 298 g/mol. The summed E-state index contributed by atoms with van der Waals surface area (Å²) in [5.41, 5.74) is 0.903. The normalized spacial score (nSPS) is 10.8. The topological polar surface area (TPSA) is 112 Å². The molecule has 0 aliphatic heterocycles. The molecule has 0 saturated heterocycles. The molecule has 3 aromatic rings. The third-order valence-electron chi connectivity index (χ3n) is 3.34. The molecule has 23 heavy (non-hydrogen) atoms. The Bertz CT molecular complexity index is 812. The number of nitro groups is 1. The van der Waals surface area contributed by atoms with E-state index in [1.165, 1.54) is 11.0 Å². The van der Waals surface area contributed by atoms with Crippen molar-refractivity contribution in [3.8, 4) is 0 Å². The molecule has 2 heterocycles. The summed E-state index contributed by atoms with van der Waals surface area (Å²) in [6.45, 7) is 1.34. The van der Waals surface area contributed by atoms with Crippen LogP contribution in [0.1, 0.15) is 12.8 Å². The molecule has 9 heteroatoms. The number of anilines is 1. The SMILES string of the molecule is O=[N+]([O-])c1ncn(CCCCNc2ncnc3ccccc23)n1. The summed E-state index contributed by atoms with van der Waals surface area (Å²) in [5, 5.41) is 18.6. The van der Waals surface area contributed by atoms with E-state index in [4.69, 9.17) is 0 Å². The van der Waals surface area contributed by atoms with Crippen LogP contribution in [0.3, 0.4) is 0 Å². The van der Waals surface area contributed by atoms with Crippen molar-refractivity contribution in [2.45, 2.75) is 19.4 Å². The number of nitrogens with zero attached hydrogens (tertiary/aromatic N) is 6.